The first-order valence-electron chi connectivity index (χ1n) is 6.06. The molecule has 0 unspecified atom stereocenters. The predicted octanol–water partition coefficient (Wildman–Crippen LogP) is -1.08. The molecular weight excluding hydrogens is 278 g/mol. The van der Waals surface area contributed by atoms with Crippen molar-refractivity contribution in [1.29, 1.82) is 0 Å². The van der Waals surface area contributed by atoms with Crippen molar-refractivity contribution in [2.45, 2.75) is 12.8 Å². The van der Waals surface area contributed by atoms with E-state index in [4.69, 9.17) is 5.84 Å². The molecule has 1 heterocycles. The highest BCUT2D eigenvalue weighted by atomic mass is 16.2. The summed E-state index contributed by atoms with van der Waals surface area (Å²) in [5.74, 6) is 3.97. The van der Waals surface area contributed by atoms with Gasteiger partial charge in [0.25, 0.3) is 11.1 Å². The Morgan fingerprint density at radius 2 is 1.71 bits per heavy atom. The molecule has 0 aliphatic rings. The van der Waals surface area contributed by atoms with E-state index in [1.54, 1.807) is 6.07 Å². The Bertz CT molecular complexity index is 807. The van der Waals surface area contributed by atoms with Crippen molar-refractivity contribution in [2.24, 2.45) is 5.84 Å². The highest BCUT2D eigenvalue weighted by Crippen LogP contribution is 2.16. The van der Waals surface area contributed by atoms with Gasteiger partial charge in [-0.3, -0.25) is 34.8 Å². The summed E-state index contributed by atoms with van der Waals surface area (Å²) in [6.07, 6.45) is -0.176. The van der Waals surface area contributed by atoms with Crippen molar-refractivity contribution >= 4 is 28.3 Å². The summed E-state index contributed by atoms with van der Waals surface area (Å²) in [5.41, 5.74) is 1.12. The molecule has 2 rings (SSSR count). The number of amides is 2. The molecule has 9 heteroatoms. The zero-order valence-corrected chi connectivity index (χ0v) is 10.9. The zero-order valence-electron chi connectivity index (χ0n) is 10.9. The van der Waals surface area contributed by atoms with Crippen LogP contribution >= 0.6 is 0 Å². The molecule has 0 saturated heterocycles. The summed E-state index contributed by atoms with van der Waals surface area (Å²) < 4.78 is 0. The number of H-pyrrole nitrogens is 2. The van der Waals surface area contributed by atoms with Crippen molar-refractivity contribution in [3.8, 4) is 0 Å². The summed E-state index contributed by atoms with van der Waals surface area (Å²) in [4.78, 5) is 46.1. The van der Waals surface area contributed by atoms with E-state index < -0.39 is 22.9 Å². The largest absolute Gasteiger partial charge is 0.325 e. The third kappa shape index (κ3) is 3.15. The minimum Gasteiger partial charge on any atom is -0.325 e. The van der Waals surface area contributed by atoms with Gasteiger partial charge in [-0.1, -0.05) is 6.07 Å². The van der Waals surface area contributed by atoms with Gasteiger partial charge in [0.1, 0.15) is 0 Å². The minimum absolute atomic E-state index is 0.0793. The molecule has 1 aromatic heterocycles. The molecule has 6 N–H and O–H groups in total. The van der Waals surface area contributed by atoms with E-state index in [1.807, 2.05) is 5.43 Å². The van der Waals surface area contributed by atoms with Crippen LogP contribution in [0.5, 0.6) is 0 Å². The Hall–Kier alpha value is -2.94. The Labute approximate surface area is 117 Å². The molecule has 2 aromatic rings. The van der Waals surface area contributed by atoms with Crippen LogP contribution in [0.25, 0.3) is 10.8 Å². The minimum atomic E-state index is -0.528. The summed E-state index contributed by atoms with van der Waals surface area (Å²) in [6.45, 7) is 0. The molecule has 0 atom stereocenters. The van der Waals surface area contributed by atoms with Crippen molar-refractivity contribution in [2.75, 3.05) is 5.32 Å². The third-order valence-corrected chi connectivity index (χ3v) is 2.84. The van der Waals surface area contributed by atoms with E-state index in [0.717, 1.165) is 0 Å². The van der Waals surface area contributed by atoms with E-state index in [-0.39, 0.29) is 29.3 Å². The number of aromatic nitrogens is 2. The van der Waals surface area contributed by atoms with E-state index in [9.17, 15) is 19.2 Å². The number of fused-ring (bicyclic) bond motifs is 1. The van der Waals surface area contributed by atoms with Gasteiger partial charge in [0.05, 0.1) is 16.5 Å². The lowest BCUT2D eigenvalue weighted by atomic mass is 10.1. The van der Waals surface area contributed by atoms with Gasteiger partial charge in [-0.25, -0.2) is 5.84 Å². The Kier molecular flexibility index (Phi) is 4.14. The standard InChI is InChI=1S/C12H13N5O4/c13-15-9(19)5-4-8(18)14-7-3-1-2-6-10(7)12(21)17-16-11(6)20/h1-3H,4-5,13H2,(H,14,18)(H,15,19)(H,16,20)(H,17,21). The molecule has 21 heavy (non-hydrogen) atoms. The van der Waals surface area contributed by atoms with Crippen molar-refractivity contribution < 1.29 is 9.59 Å². The molecule has 0 spiro atoms. The Morgan fingerprint density at radius 3 is 2.43 bits per heavy atom. The maximum absolute atomic E-state index is 11.8. The topological polar surface area (TPSA) is 150 Å². The van der Waals surface area contributed by atoms with Gasteiger partial charge in [0.15, 0.2) is 0 Å². The molecule has 0 fully saturated rings. The fraction of sp³-hybridized carbons (Fsp3) is 0.167. The van der Waals surface area contributed by atoms with Gasteiger partial charge in [-0.05, 0) is 12.1 Å². The van der Waals surface area contributed by atoms with Crippen LogP contribution in [-0.4, -0.2) is 22.0 Å². The molecule has 0 saturated carbocycles. The van der Waals surface area contributed by atoms with Gasteiger partial charge in [-0.2, -0.15) is 0 Å². The van der Waals surface area contributed by atoms with Crippen LogP contribution < -0.4 is 27.7 Å². The number of nitrogens with two attached hydrogens (primary N) is 1. The number of rotatable bonds is 4. The lowest BCUT2D eigenvalue weighted by Crippen LogP contribution is -2.30. The molecule has 0 bridgehead atoms. The number of aromatic amines is 2. The second kappa shape index (κ2) is 6.01. The number of benzene rings is 1. The molecule has 0 aliphatic carbocycles. The third-order valence-electron chi connectivity index (χ3n) is 2.84. The maximum atomic E-state index is 11.8. The van der Waals surface area contributed by atoms with Crippen LogP contribution in [0.15, 0.2) is 27.8 Å². The molecule has 2 amide bonds. The second-order valence-corrected chi connectivity index (χ2v) is 4.25. The average Bonchev–Trinajstić information content (AvgIpc) is 2.48. The van der Waals surface area contributed by atoms with E-state index in [0.29, 0.717) is 0 Å². The van der Waals surface area contributed by atoms with E-state index in [2.05, 4.69) is 15.5 Å². The number of carbonyl (C=O) groups excluding carboxylic acids is 2. The molecule has 1 aromatic carbocycles. The number of carbonyl (C=O) groups is 2. The van der Waals surface area contributed by atoms with Crippen LogP contribution in [0, 0.1) is 0 Å². The molecule has 0 radical (unpaired) electrons. The fourth-order valence-corrected chi connectivity index (χ4v) is 1.85. The van der Waals surface area contributed by atoms with Gasteiger partial charge >= 0.3 is 0 Å². The SMILES string of the molecule is NNC(=O)CCC(=O)Nc1cccc2c(=O)[nH][nH]c(=O)c12. The first-order chi connectivity index (χ1) is 10.0. The van der Waals surface area contributed by atoms with Crippen molar-refractivity contribution in [1.82, 2.24) is 15.6 Å². The van der Waals surface area contributed by atoms with Crippen LogP contribution in [0.3, 0.4) is 0 Å². The van der Waals surface area contributed by atoms with Crippen LogP contribution in [0.4, 0.5) is 5.69 Å². The van der Waals surface area contributed by atoms with Crippen LogP contribution in [-0.2, 0) is 9.59 Å². The summed E-state index contributed by atoms with van der Waals surface area (Å²) in [7, 11) is 0. The maximum Gasteiger partial charge on any atom is 0.272 e. The van der Waals surface area contributed by atoms with Crippen LogP contribution in [0.2, 0.25) is 0 Å². The number of hydrogen-bond acceptors (Lipinski definition) is 5. The monoisotopic (exact) mass is 291 g/mol. The highest BCUT2D eigenvalue weighted by molar-refractivity contribution is 6.02. The van der Waals surface area contributed by atoms with E-state index in [1.165, 1.54) is 12.1 Å². The Morgan fingerprint density at radius 1 is 1.05 bits per heavy atom. The highest BCUT2D eigenvalue weighted by Gasteiger charge is 2.11. The number of hydrazine groups is 1. The molecular formula is C12H13N5O4. The molecule has 0 aliphatic heterocycles. The first-order valence-corrected chi connectivity index (χ1v) is 6.06. The van der Waals surface area contributed by atoms with Gasteiger partial charge in [-0.15, -0.1) is 0 Å². The van der Waals surface area contributed by atoms with Crippen LogP contribution in [0.1, 0.15) is 12.8 Å². The second-order valence-electron chi connectivity index (χ2n) is 4.25. The summed E-state index contributed by atoms with van der Waals surface area (Å²) in [5, 5.41) is 7.13. The zero-order chi connectivity index (χ0) is 15.4. The van der Waals surface area contributed by atoms with Crippen molar-refractivity contribution in [3.63, 3.8) is 0 Å². The number of anilines is 1. The lowest BCUT2D eigenvalue weighted by molar-refractivity contribution is -0.124. The first kappa shape index (κ1) is 14.5. The fourth-order valence-electron chi connectivity index (χ4n) is 1.85. The lowest BCUT2D eigenvalue weighted by Gasteiger charge is -2.07. The van der Waals surface area contributed by atoms with Gasteiger partial charge in [0, 0.05) is 12.8 Å². The average molecular weight is 291 g/mol. The summed E-state index contributed by atoms with van der Waals surface area (Å²) in [6, 6.07) is 4.51. The van der Waals surface area contributed by atoms with Gasteiger partial charge < -0.3 is 5.32 Å². The smallest absolute Gasteiger partial charge is 0.272 e. The normalized spacial score (nSPS) is 10.3. The molecule has 110 valence electrons. The predicted molar refractivity (Wildman–Crippen MR) is 75.4 cm³/mol. The number of nitrogens with one attached hydrogen (secondary N) is 4. The van der Waals surface area contributed by atoms with Crippen molar-refractivity contribution in [3.05, 3.63) is 38.9 Å². The Balaban J connectivity index is 2.29. The van der Waals surface area contributed by atoms with Gasteiger partial charge in [0.2, 0.25) is 11.8 Å². The molecule has 9 nitrogen and oxygen atoms in total. The van der Waals surface area contributed by atoms with E-state index >= 15 is 0 Å². The number of hydrogen-bond donors (Lipinski definition) is 5. The quantitative estimate of drug-likeness (QED) is 0.276. The summed E-state index contributed by atoms with van der Waals surface area (Å²) >= 11 is 0.